The summed E-state index contributed by atoms with van der Waals surface area (Å²) >= 11 is 6.02. The molecule has 0 radical (unpaired) electrons. The molecule has 0 fully saturated rings. The average Bonchev–Trinajstić information content (AvgIpc) is 2.95. The van der Waals surface area contributed by atoms with Gasteiger partial charge in [0.15, 0.2) is 0 Å². The van der Waals surface area contributed by atoms with E-state index in [0.717, 1.165) is 28.3 Å². The molecule has 10 heteroatoms. The number of sulfonamides is 1. The van der Waals surface area contributed by atoms with Crippen molar-refractivity contribution in [1.29, 1.82) is 0 Å². The molecule has 0 bridgehead atoms. The van der Waals surface area contributed by atoms with Gasteiger partial charge in [-0.3, -0.25) is 13.9 Å². The van der Waals surface area contributed by atoms with Crippen molar-refractivity contribution in [3.8, 4) is 5.75 Å². The summed E-state index contributed by atoms with van der Waals surface area (Å²) in [7, 11) is -4.24. The molecule has 3 rings (SSSR count). The van der Waals surface area contributed by atoms with E-state index in [2.05, 4.69) is 5.32 Å². The first-order valence-electron chi connectivity index (χ1n) is 13.7. The molecule has 0 saturated heterocycles. The predicted molar refractivity (Wildman–Crippen MR) is 163 cm³/mol. The van der Waals surface area contributed by atoms with Crippen molar-refractivity contribution >= 4 is 39.1 Å². The Kier molecular flexibility index (Phi) is 11.6. The number of carbonyl (C=O) groups is 2. The number of benzene rings is 3. The van der Waals surface area contributed by atoms with Gasteiger partial charge >= 0.3 is 0 Å². The standard InChI is InChI=1S/C31H38ClN3O5S/c1-5-7-19-33-31(37)24(4)34(21-25-12-10-11-23(3)20-25)30(36)22-35(28-13-8-9-14-29(28)40-6-2)41(38,39)27-17-15-26(32)16-18-27/h8-18,20,24H,5-7,19,21-22H2,1-4H3,(H,33,37). The van der Waals surface area contributed by atoms with E-state index in [1.807, 2.05) is 38.1 Å². The first-order valence-corrected chi connectivity index (χ1v) is 15.5. The van der Waals surface area contributed by atoms with E-state index in [4.69, 9.17) is 16.3 Å². The molecule has 0 aromatic heterocycles. The number of ether oxygens (including phenoxy) is 1. The van der Waals surface area contributed by atoms with E-state index in [0.29, 0.717) is 23.9 Å². The van der Waals surface area contributed by atoms with Crippen LogP contribution in [-0.2, 0) is 26.2 Å². The fourth-order valence-corrected chi connectivity index (χ4v) is 5.86. The number of para-hydroxylation sites is 2. The summed E-state index contributed by atoms with van der Waals surface area (Å²) < 4.78 is 34.8. The lowest BCUT2D eigenvalue weighted by Crippen LogP contribution is -2.51. The summed E-state index contributed by atoms with van der Waals surface area (Å²) in [5, 5.41) is 3.27. The summed E-state index contributed by atoms with van der Waals surface area (Å²) in [6.07, 6.45) is 1.73. The predicted octanol–water partition coefficient (Wildman–Crippen LogP) is 5.58. The van der Waals surface area contributed by atoms with Crippen LogP contribution in [0.3, 0.4) is 0 Å². The largest absolute Gasteiger partial charge is 0.492 e. The van der Waals surface area contributed by atoms with Crippen LogP contribution in [0.25, 0.3) is 0 Å². The Bertz CT molecular complexity index is 1430. The third-order valence-electron chi connectivity index (χ3n) is 6.55. The second kappa shape index (κ2) is 14.9. The highest BCUT2D eigenvalue weighted by Gasteiger charge is 2.33. The second-order valence-corrected chi connectivity index (χ2v) is 12.0. The highest BCUT2D eigenvalue weighted by molar-refractivity contribution is 7.92. The van der Waals surface area contributed by atoms with Gasteiger partial charge < -0.3 is 15.0 Å². The van der Waals surface area contributed by atoms with Gasteiger partial charge in [-0.05, 0) is 69.2 Å². The van der Waals surface area contributed by atoms with Crippen LogP contribution in [0.4, 0.5) is 5.69 Å². The number of rotatable bonds is 14. The summed E-state index contributed by atoms with van der Waals surface area (Å²) in [6.45, 7) is 7.79. The van der Waals surface area contributed by atoms with Gasteiger partial charge in [0, 0.05) is 18.1 Å². The maximum atomic E-state index is 14.1. The highest BCUT2D eigenvalue weighted by atomic mass is 35.5. The normalized spacial score (nSPS) is 11.9. The maximum Gasteiger partial charge on any atom is 0.264 e. The molecular formula is C31H38ClN3O5S. The third-order valence-corrected chi connectivity index (χ3v) is 8.57. The van der Waals surface area contributed by atoms with Gasteiger partial charge in [-0.2, -0.15) is 0 Å². The van der Waals surface area contributed by atoms with Gasteiger partial charge in [0.1, 0.15) is 18.3 Å². The molecule has 0 aliphatic carbocycles. The lowest BCUT2D eigenvalue weighted by atomic mass is 10.1. The molecule has 0 aliphatic rings. The Balaban J connectivity index is 2.05. The number of hydrogen-bond acceptors (Lipinski definition) is 5. The first-order chi connectivity index (χ1) is 19.6. The van der Waals surface area contributed by atoms with Crippen LogP contribution in [-0.4, -0.2) is 50.9 Å². The first kappa shape index (κ1) is 32.0. The van der Waals surface area contributed by atoms with Crippen LogP contribution in [0.15, 0.2) is 77.7 Å². The van der Waals surface area contributed by atoms with Crippen molar-refractivity contribution in [2.24, 2.45) is 0 Å². The minimum Gasteiger partial charge on any atom is -0.492 e. The average molecular weight is 600 g/mol. The molecule has 1 unspecified atom stereocenters. The van der Waals surface area contributed by atoms with Gasteiger partial charge in [-0.25, -0.2) is 8.42 Å². The molecule has 0 spiro atoms. The van der Waals surface area contributed by atoms with Gasteiger partial charge in [0.25, 0.3) is 10.0 Å². The quantitative estimate of drug-likeness (QED) is 0.244. The Hall–Kier alpha value is -3.56. The van der Waals surface area contributed by atoms with Crippen molar-refractivity contribution in [3.05, 3.63) is 88.9 Å². The fourth-order valence-electron chi connectivity index (χ4n) is 4.31. The molecule has 8 nitrogen and oxygen atoms in total. The molecule has 0 aliphatic heterocycles. The summed E-state index contributed by atoms with van der Waals surface area (Å²) in [5.74, 6) is -0.523. The number of nitrogens with one attached hydrogen (secondary N) is 1. The molecule has 3 aromatic carbocycles. The van der Waals surface area contributed by atoms with Crippen LogP contribution in [0.5, 0.6) is 5.75 Å². The number of halogens is 1. The topological polar surface area (TPSA) is 96.0 Å². The van der Waals surface area contributed by atoms with E-state index >= 15 is 0 Å². The van der Waals surface area contributed by atoms with Crippen molar-refractivity contribution in [1.82, 2.24) is 10.2 Å². The van der Waals surface area contributed by atoms with Gasteiger partial charge in [0.2, 0.25) is 11.8 Å². The van der Waals surface area contributed by atoms with Gasteiger partial charge in [0.05, 0.1) is 17.2 Å². The van der Waals surface area contributed by atoms with Crippen molar-refractivity contribution < 1.29 is 22.7 Å². The third kappa shape index (κ3) is 8.47. The molecule has 3 aromatic rings. The monoisotopic (exact) mass is 599 g/mol. The number of aryl methyl sites for hydroxylation is 1. The molecular weight excluding hydrogens is 562 g/mol. The summed E-state index contributed by atoms with van der Waals surface area (Å²) in [5.41, 5.74) is 2.05. The van der Waals surface area contributed by atoms with Crippen molar-refractivity contribution in [2.45, 2.75) is 58.0 Å². The Morgan fingerprint density at radius 1 is 1.00 bits per heavy atom. The number of amides is 2. The zero-order chi connectivity index (χ0) is 30.0. The molecule has 220 valence electrons. The Labute approximate surface area is 248 Å². The van der Waals surface area contributed by atoms with E-state index < -0.39 is 28.5 Å². The van der Waals surface area contributed by atoms with Crippen molar-refractivity contribution in [2.75, 3.05) is 24.0 Å². The fraction of sp³-hybridized carbons (Fsp3) is 0.355. The lowest BCUT2D eigenvalue weighted by molar-refractivity contribution is -0.139. The van der Waals surface area contributed by atoms with Crippen LogP contribution in [0, 0.1) is 6.92 Å². The van der Waals surface area contributed by atoms with E-state index in [1.165, 1.54) is 29.2 Å². The SMILES string of the molecule is CCCCNC(=O)C(C)N(Cc1cccc(C)c1)C(=O)CN(c1ccccc1OCC)S(=O)(=O)c1ccc(Cl)cc1. The van der Waals surface area contributed by atoms with E-state index in [1.54, 1.807) is 38.1 Å². The van der Waals surface area contributed by atoms with Crippen molar-refractivity contribution in [3.63, 3.8) is 0 Å². The van der Waals surface area contributed by atoms with Crippen LogP contribution >= 0.6 is 11.6 Å². The molecule has 1 N–H and O–H groups in total. The molecule has 2 amide bonds. The zero-order valence-corrected chi connectivity index (χ0v) is 25.5. The minimum atomic E-state index is -4.24. The van der Waals surface area contributed by atoms with E-state index in [9.17, 15) is 18.0 Å². The Morgan fingerprint density at radius 2 is 1.71 bits per heavy atom. The number of anilines is 1. The lowest BCUT2D eigenvalue weighted by Gasteiger charge is -2.32. The van der Waals surface area contributed by atoms with Crippen LogP contribution in [0.2, 0.25) is 5.02 Å². The zero-order valence-electron chi connectivity index (χ0n) is 24.0. The van der Waals surface area contributed by atoms with E-state index in [-0.39, 0.29) is 23.0 Å². The molecule has 0 saturated carbocycles. The Morgan fingerprint density at radius 3 is 2.37 bits per heavy atom. The number of nitrogens with zero attached hydrogens (tertiary/aromatic N) is 2. The minimum absolute atomic E-state index is 0.0309. The summed E-state index contributed by atoms with van der Waals surface area (Å²) in [4.78, 5) is 28.6. The van der Waals surface area contributed by atoms with Crippen LogP contribution in [0.1, 0.15) is 44.7 Å². The van der Waals surface area contributed by atoms with Crippen LogP contribution < -0.4 is 14.4 Å². The molecule has 1 atom stereocenters. The van der Waals surface area contributed by atoms with Gasteiger partial charge in [-0.15, -0.1) is 0 Å². The number of hydrogen-bond donors (Lipinski definition) is 1. The second-order valence-electron chi connectivity index (χ2n) is 9.70. The molecule has 0 heterocycles. The smallest absolute Gasteiger partial charge is 0.264 e. The molecule has 41 heavy (non-hydrogen) atoms. The van der Waals surface area contributed by atoms with Gasteiger partial charge in [-0.1, -0.05) is 66.9 Å². The highest BCUT2D eigenvalue weighted by Crippen LogP contribution is 2.33. The summed E-state index contributed by atoms with van der Waals surface area (Å²) in [6, 6.07) is 19.2. The maximum absolute atomic E-state index is 14.1. The number of unbranched alkanes of at least 4 members (excludes halogenated alkanes) is 1. The number of carbonyl (C=O) groups excluding carboxylic acids is 2.